The summed E-state index contributed by atoms with van der Waals surface area (Å²) in [7, 11) is -3.56. The molecule has 0 aliphatic rings. The highest BCUT2D eigenvalue weighted by Crippen LogP contribution is 2.08. The van der Waals surface area contributed by atoms with Gasteiger partial charge in [0, 0.05) is 31.0 Å². The Bertz CT molecular complexity index is 601. The maximum atomic E-state index is 12.2. The highest BCUT2D eigenvalue weighted by Gasteiger charge is 2.14. The minimum absolute atomic E-state index is 0.117. The molecule has 0 spiro atoms. The molecule has 116 valence electrons. The molecule has 21 heavy (non-hydrogen) atoms. The van der Waals surface area contributed by atoms with E-state index in [0.29, 0.717) is 18.7 Å². The summed E-state index contributed by atoms with van der Waals surface area (Å²) >= 11 is 0. The summed E-state index contributed by atoms with van der Waals surface area (Å²) < 4.78 is 26.9. The molecule has 0 atom stereocenters. The molecule has 0 amide bonds. The third kappa shape index (κ3) is 5.81. The second kappa shape index (κ2) is 8.74. The molecule has 0 unspecified atom stereocenters. The average Bonchev–Trinajstić information content (AvgIpc) is 2.50. The van der Waals surface area contributed by atoms with Crippen LogP contribution in [0.5, 0.6) is 0 Å². The summed E-state index contributed by atoms with van der Waals surface area (Å²) in [5.41, 5.74) is 5.83. The number of aromatic nitrogens is 1. The molecule has 0 aliphatic carbocycles. The molecule has 0 aromatic carbocycles. The normalized spacial score (nSPS) is 11.2. The minimum atomic E-state index is -3.56. The van der Waals surface area contributed by atoms with Gasteiger partial charge in [0.25, 0.3) is 0 Å². The highest BCUT2D eigenvalue weighted by atomic mass is 32.2. The van der Waals surface area contributed by atoms with Gasteiger partial charge in [-0.1, -0.05) is 25.7 Å². The topological polar surface area (TPSA) is 88.3 Å². The van der Waals surface area contributed by atoms with Gasteiger partial charge in [0.1, 0.15) is 4.90 Å². The predicted octanol–water partition coefficient (Wildman–Crippen LogP) is 0.0119. The van der Waals surface area contributed by atoms with Crippen LogP contribution in [-0.4, -0.2) is 51.0 Å². The molecular weight excluding hydrogens is 288 g/mol. The third-order valence-electron chi connectivity index (χ3n) is 2.97. The maximum absolute atomic E-state index is 12.2. The Morgan fingerprint density at radius 1 is 1.33 bits per heavy atom. The summed E-state index contributed by atoms with van der Waals surface area (Å²) in [6, 6.07) is 1.50. The van der Waals surface area contributed by atoms with E-state index < -0.39 is 10.0 Å². The van der Waals surface area contributed by atoms with Crippen LogP contribution in [0.4, 0.5) is 0 Å². The number of rotatable bonds is 7. The lowest BCUT2D eigenvalue weighted by Gasteiger charge is -2.17. The van der Waals surface area contributed by atoms with Gasteiger partial charge in [-0.2, -0.15) is 0 Å². The molecule has 0 saturated carbocycles. The summed E-state index contributed by atoms with van der Waals surface area (Å²) in [4.78, 5) is 6.17. The van der Waals surface area contributed by atoms with E-state index in [2.05, 4.69) is 26.4 Å². The number of sulfonamides is 1. The van der Waals surface area contributed by atoms with Gasteiger partial charge >= 0.3 is 0 Å². The van der Waals surface area contributed by atoms with Crippen LogP contribution < -0.4 is 10.5 Å². The number of nitrogens with one attached hydrogen (secondary N) is 1. The zero-order valence-corrected chi connectivity index (χ0v) is 13.3. The van der Waals surface area contributed by atoms with Crippen molar-refractivity contribution >= 4 is 10.0 Å². The van der Waals surface area contributed by atoms with Crippen molar-refractivity contribution in [3.8, 4) is 11.8 Å². The quantitative estimate of drug-likeness (QED) is 0.693. The van der Waals surface area contributed by atoms with E-state index in [1.54, 1.807) is 0 Å². The van der Waals surface area contributed by atoms with Crippen molar-refractivity contribution in [3.05, 3.63) is 24.0 Å². The zero-order valence-electron chi connectivity index (χ0n) is 12.5. The summed E-state index contributed by atoms with van der Waals surface area (Å²) in [6.45, 7) is 7.13. The molecule has 0 fully saturated rings. The molecule has 0 bridgehead atoms. The van der Waals surface area contributed by atoms with Crippen molar-refractivity contribution in [3.63, 3.8) is 0 Å². The van der Waals surface area contributed by atoms with Crippen LogP contribution >= 0.6 is 0 Å². The van der Waals surface area contributed by atoms with Gasteiger partial charge in [-0.05, 0) is 19.2 Å². The van der Waals surface area contributed by atoms with Crippen molar-refractivity contribution in [2.24, 2.45) is 5.73 Å². The lowest BCUT2D eigenvalue weighted by atomic mass is 10.3. The van der Waals surface area contributed by atoms with Crippen LogP contribution in [0.15, 0.2) is 23.4 Å². The fourth-order valence-electron chi connectivity index (χ4n) is 1.75. The number of pyridine rings is 1. The Labute approximate surface area is 126 Å². The van der Waals surface area contributed by atoms with Crippen LogP contribution in [-0.2, 0) is 10.0 Å². The number of likely N-dealkylation sites (N-methyl/N-ethyl adjacent to an activating group) is 1. The summed E-state index contributed by atoms with van der Waals surface area (Å²) in [5.74, 6) is 5.44. The number of nitrogens with zero attached hydrogens (tertiary/aromatic N) is 2. The van der Waals surface area contributed by atoms with Crippen molar-refractivity contribution in [1.29, 1.82) is 0 Å². The van der Waals surface area contributed by atoms with Crippen LogP contribution in [0, 0.1) is 11.8 Å². The van der Waals surface area contributed by atoms with Crippen molar-refractivity contribution < 1.29 is 8.42 Å². The first-order valence-corrected chi connectivity index (χ1v) is 8.37. The monoisotopic (exact) mass is 310 g/mol. The lowest BCUT2D eigenvalue weighted by Crippen LogP contribution is -2.34. The van der Waals surface area contributed by atoms with Gasteiger partial charge in [-0.15, -0.1) is 0 Å². The van der Waals surface area contributed by atoms with E-state index in [-0.39, 0.29) is 11.4 Å². The van der Waals surface area contributed by atoms with Gasteiger partial charge in [-0.3, -0.25) is 4.98 Å². The van der Waals surface area contributed by atoms with Gasteiger partial charge < -0.3 is 10.6 Å². The molecule has 0 saturated heterocycles. The molecule has 1 rings (SSSR count). The molecule has 0 radical (unpaired) electrons. The van der Waals surface area contributed by atoms with Crippen molar-refractivity contribution in [2.75, 3.05) is 32.7 Å². The molecule has 1 aromatic rings. The minimum Gasteiger partial charge on any atom is -0.320 e. The molecule has 1 heterocycles. The number of nitrogens with two attached hydrogens (primary N) is 1. The first-order valence-electron chi connectivity index (χ1n) is 6.89. The third-order valence-corrected chi connectivity index (χ3v) is 4.40. The van der Waals surface area contributed by atoms with E-state index in [1.165, 1.54) is 18.5 Å². The molecule has 7 heteroatoms. The lowest BCUT2D eigenvalue weighted by molar-refractivity contribution is 0.309. The van der Waals surface area contributed by atoms with E-state index in [4.69, 9.17) is 5.73 Å². The zero-order chi connectivity index (χ0) is 15.7. The highest BCUT2D eigenvalue weighted by molar-refractivity contribution is 7.89. The average molecular weight is 310 g/mol. The SMILES string of the molecule is CCN(CC)CCNS(=O)(=O)c1cncc(C#CCN)c1. The van der Waals surface area contributed by atoms with E-state index in [1.807, 2.05) is 13.8 Å². The molecule has 6 nitrogen and oxygen atoms in total. The van der Waals surface area contributed by atoms with Gasteiger partial charge in [0.15, 0.2) is 0 Å². The fourth-order valence-corrected chi connectivity index (χ4v) is 2.76. The first-order chi connectivity index (χ1) is 10.0. The molecule has 1 aromatic heterocycles. The largest absolute Gasteiger partial charge is 0.320 e. The summed E-state index contributed by atoms with van der Waals surface area (Å²) in [5, 5.41) is 0. The first kappa shape index (κ1) is 17.6. The van der Waals surface area contributed by atoms with Crippen molar-refractivity contribution in [1.82, 2.24) is 14.6 Å². The number of hydrogen-bond acceptors (Lipinski definition) is 5. The second-order valence-electron chi connectivity index (χ2n) is 4.34. The molecule has 0 aliphatic heterocycles. The van der Waals surface area contributed by atoms with Crippen LogP contribution in [0.3, 0.4) is 0 Å². The van der Waals surface area contributed by atoms with Gasteiger partial charge in [0.2, 0.25) is 10.0 Å². The van der Waals surface area contributed by atoms with E-state index in [9.17, 15) is 8.42 Å². The standard InChI is InChI=1S/C14H22N4O2S/c1-3-18(4-2)9-8-17-21(19,20)14-10-13(6-5-7-15)11-16-12-14/h10-12,17H,3-4,7-9,15H2,1-2H3. The predicted molar refractivity (Wildman–Crippen MR) is 83.1 cm³/mol. The summed E-state index contributed by atoms with van der Waals surface area (Å²) in [6.07, 6.45) is 2.82. The van der Waals surface area contributed by atoms with Crippen molar-refractivity contribution in [2.45, 2.75) is 18.7 Å². The Balaban J connectivity index is 2.74. The van der Waals surface area contributed by atoms with E-state index >= 15 is 0 Å². The van der Waals surface area contributed by atoms with Crippen LogP contribution in [0.25, 0.3) is 0 Å². The van der Waals surface area contributed by atoms with Gasteiger partial charge in [-0.25, -0.2) is 13.1 Å². The molecule has 3 N–H and O–H groups in total. The Kier molecular flexibility index (Phi) is 7.32. The maximum Gasteiger partial charge on any atom is 0.242 e. The molecular formula is C14H22N4O2S. The van der Waals surface area contributed by atoms with Crippen LogP contribution in [0.2, 0.25) is 0 Å². The van der Waals surface area contributed by atoms with Crippen LogP contribution in [0.1, 0.15) is 19.4 Å². The Morgan fingerprint density at radius 2 is 2.05 bits per heavy atom. The smallest absolute Gasteiger partial charge is 0.242 e. The van der Waals surface area contributed by atoms with E-state index in [0.717, 1.165) is 13.1 Å². The Hall–Kier alpha value is -1.46. The number of hydrogen-bond donors (Lipinski definition) is 2. The van der Waals surface area contributed by atoms with Gasteiger partial charge in [0.05, 0.1) is 6.54 Å². The second-order valence-corrected chi connectivity index (χ2v) is 6.11. The Morgan fingerprint density at radius 3 is 2.67 bits per heavy atom. The fraction of sp³-hybridized carbons (Fsp3) is 0.500.